The predicted molar refractivity (Wildman–Crippen MR) is 93.3 cm³/mol. The lowest BCUT2D eigenvalue weighted by atomic mass is 9.98. The molecule has 2 heterocycles. The highest BCUT2D eigenvalue weighted by molar-refractivity contribution is 6.07. The molecule has 0 aromatic carbocycles. The fourth-order valence-corrected chi connectivity index (χ4v) is 3.56. The van der Waals surface area contributed by atoms with E-state index in [1.807, 2.05) is 0 Å². The van der Waals surface area contributed by atoms with E-state index in [9.17, 15) is 14.4 Å². The van der Waals surface area contributed by atoms with Gasteiger partial charge in [-0.2, -0.15) is 0 Å². The molecule has 1 spiro atoms. The molecule has 1 saturated carbocycles. The van der Waals surface area contributed by atoms with E-state index in [1.165, 1.54) is 12.0 Å². The van der Waals surface area contributed by atoms with Crippen molar-refractivity contribution in [2.45, 2.75) is 50.6 Å². The Balaban J connectivity index is 1.42. The SMILES string of the molecule is COc1cc(CNC(=O)CCCN2C(=O)NC3(CCCC3)C2=O)ccn1. The number of nitrogens with one attached hydrogen (secondary N) is 2. The first-order valence-electron chi connectivity index (χ1n) is 8.94. The number of nitrogens with zero attached hydrogens (tertiary/aromatic N) is 2. The van der Waals surface area contributed by atoms with E-state index >= 15 is 0 Å². The van der Waals surface area contributed by atoms with Crippen LogP contribution in [0.25, 0.3) is 0 Å². The molecule has 4 amide bonds. The van der Waals surface area contributed by atoms with Gasteiger partial charge in [0.05, 0.1) is 7.11 Å². The summed E-state index contributed by atoms with van der Waals surface area (Å²) in [6.45, 7) is 0.646. The molecule has 3 rings (SSSR count). The van der Waals surface area contributed by atoms with Crippen LogP contribution >= 0.6 is 0 Å². The van der Waals surface area contributed by atoms with Crippen molar-refractivity contribution in [1.29, 1.82) is 0 Å². The smallest absolute Gasteiger partial charge is 0.325 e. The first-order valence-corrected chi connectivity index (χ1v) is 8.94. The topological polar surface area (TPSA) is 101 Å². The van der Waals surface area contributed by atoms with Gasteiger partial charge in [0.1, 0.15) is 5.54 Å². The van der Waals surface area contributed by atoms with Crippen molar-refractivity contribution in [1.82, 2.24) is 20.5 Å². The van der Waals surface area contributed by atoms with Crippen molar-refractivity contribution in [2.75, 3.05) is 13.7 Å². The molecule has 0 radical (unpaired) electrons. The highest BCUT2D eigenvalue weighted by Crippen LogP contribution is 2.35. The Labute approximate surface area is 152 Å². The Bertz CT molecular complexity index is 700. The minimum atomic E-state index is -0.681. The summed E-state index contributed by atoms with van der Waals surface area (Å²) in [5.74, 6) is 0.240. The van der Waals surface area contributed by atoms with Gasteiger partial charge < -0.3 is 15.4 Å². The van der Waals surface area contributed by atoms with E-state index in [0.29, 0.717) is 31.7 Å². The van der Waals surface area contributed by atoms with Crippen molar-refractivity contribution in [3.8, 4) is 5.88 Å². The number of imide groups is 1. The minimum absolute atomic E-state index is 0.122. The first-order chi connectivity index (χ1) is 12.5. The molecule has 26 heavy (non-hydrogen) atoms. The zero-order valence-corrected chi connectivity index (χ0v) is 14.9. The van der Waals surface area contributed by atoms with Crippen LogP contribution in [0.2, 0.25) is 0 Å². The number of urea groups is 1. The maximum atomic E-state index is 12.5. The van der Waals surface area contributed by atoms with Crippen LogP contribution in [0.1, 0.15) is 44.1 Å². The van der Waals surface area contributed by atoms with Gasteiger partial charge in [-0.05, 0) is 30.9 Å². The molecule has 140 valence electrons. The van der Waals surface area contributed by atoms with Gasteiger partial charge in [0.15, 0.2) is 0 Å². The third-order valence-corrected chi connectivity index (χ3v) is 4.99. The van der Waals surface area contributed by atoms with E-state index in [4.69, 9.17) is 4.74 Å². The highest BCUT2D eigenvalue weighted by atomic mass is 16.5. The predicted octanol–water partition coefficient (Wildman–Crippen LogP) is 1.35. The molecule has 8 heteroatoms. The second-order valence-corrected chi connectivity index (χ2v) is 6.76. The van der Waals surface area contributed by atoms with Crippen molar-refractivity contribution < 1.29 is 19.1 Å². The van der Waals surface area contributed by atoms with Crippen molar-refractivity contribution in [3.05, 3.63) is 23.9 Å². The third kappa shape index (κ3) is 3.79. The van der Waals surface area contributed by atoms with Gasteiger partial charge in [0.2, 0.25) is 11.8 Å². The lowest BCUT2D eigenvalue weighted by Gasteiger charge is -2.19. The third-order valence-electron chi connectivity index (χ3n) is 4.99. The summed E-state index contributed by atoms with van der Waals surface area (Å²) in [5.41, 5.74) is 0.210. The van der Waals surface area contributed by atoms with E-state index in [1.54, 1.807) is 18.3 Å². The van der Waals surface area contributed by atoms with Gasteiger partial charge in [0.25, 0.3) is 5.91 Å². The molecular weight excluding hydrogens is 336 g/mol. The second-order valence-electron chi connectivity index (χ2n) is 6.76. The summed E-state index contributed by atoms with van der Waals surface area (Å²) in [7, 11) is 1.54. The Morgan fingerprint density at radius 1 is 1.38 bits per heavy atom. The summed E-state index contributed by atoms with van der Waals surface area (Å²) in [6, 6.07) is 3.23. The number of amides is 4. The number of carbonyl (C=O) groups is 3. The zero-order valence-electron chi connectivity index (χ0n) is 14.9. The Morgan fingerprint density at radius 2 is 2.15 bits per heavy atom. The molecule has 1 aromatic heterocycles. The molecule has 1 aliphatic carbocycles. The van der Waals surface area contributed by atoms with E-state index in [-0.39, 0.29) is 30.8 Å². The van der Waals surface area contributed by atoms with Gasteiger partial charge in [-0.1, -0.05) is 12.8 Å². The normalized spacial score (nSPS) is 18.3. The average Bonchev–Trinajstić information content (AvgIpc) is 3.20. The molecule has 1 saturated heterocycles. The molecule has 0 bridgehead atoms. The number of rotatable bonds is 7. The van der Waals surface area contributed by atoms with Gasteiger partial charge in [0, 0.05) is 31.8 Å². The number of hydrogen-bond acceptors (Lipinski definition) is 5. The minimum Gasteiger partial charge on any atom is -0.481 e. The van der Waals surface area contributed by atoms with Crippen LogP contribution in [-0.2, 0) is 16.1 Å². The van der Waals surface area contributed by atoms with Gasteiger partial charge in [-0.3, -0.25) is 14.5 Å². The van der Waals surface area contributed by atoms with Crippen LogP contribution in [0, 0.1) is 0 Å². The van der Waals surface area contributed by atoms with Crippen molar-refractivity contribution in [2.24, 2.45) is 0 Å². The van der Waals surface area contributed by atoms with Crippen LogP contribution in [0.15, 0.2) is 18.3 Å². The lowest BCUT2D eigenvalue weighted by Crippen LogP contribution is -2.44. The number of aromatic nitrogens is 1. The van der Waals surface area contributed by atoms with E-state index in [2.05, 4.69) is 15.6 Å². The largest absolute Gasteiger partial charge is 0.481 e. The van der Waals surface area contributed by atoms with E-state index in [0.717, 1.165) is 18.4 Å². The molecular formula is C18H24N4O4. The molecule has 0 atom stereocenters. The fraction of sp³-hybridized carbons (Fsp3) is 0.556. The molecule has 2 N–H and O–H groups in total. The van der Waals surface area contributed by atoms with Crippen LogP contribution in [0.5, 0.6) is 5.88 Å². The first kappa shape index (κ1) is 18.2. The Morgan fingerprint density at radius 3 is 2.88 bits per heavy atom. The maximum Gasteiger partial charge on any atom is 0.325 e. The van der Waals surface area contributed by atoms with Gasteiger partial charge >= 0.3 is 6.03 Å². The number of methoxy groups -OCH3 is 1. The summed E-state index contributed by atoms with van der Waals surface area (Å²) >= 11 is 0. The quantitative estimate of drug-likeness (QED) is 0.715. The zero-order chi connectivity index (χ0) is 18.6. The lowest BCUT2D eigenvalue weighted by molar-refractivity contribution is -0.131. The average molecular weight is 360 g/mol. The molecule has 0 unspecified atom stereocenters. The van der Waals surface area contributed by atoms with Crippen molar-refractivity contribution >= 4 is 17.8 Å². The second kappa shape index (κ2) is 7.72. The summed E-state index contributed by atoms with van der Waals surface area (Å²) in [5, 5.41) is 5.66. The molecule has 1 aliphatic heterocycles. The van der Waals surface area contributed by atoms with E-state index < -0.39 is 5.54 Å². The molecule has 1 aromatic rings. The van der Waals surface area contributed by atoms with Crippen molar-refractivity contribution in [3.63, 3.8) is 0 Å². The number of pyridine rings is 1. The van der Waals surface area contributed by atoms with Gasteiger partial charge in [-0.15, -0.1) is 0 Å². The van der Waals surface area contributed by atoms with Gasteiger partial charge in [-0.25, -0.2) is 9.78 Å². The number of carbonyl (C=O) groups excluding carboxylic acids is 3. The fourth-order valence-electron chi connectivity index (χ4n) is 3.56. The summed E-state index contributed by atoms with van der Waals surface area (Å²) < 4.78 is 5.04. The van der Waals surface area contributed by atoms with Crippen LogP contribution < -0.4 is 15.4 Å². The maximum absolute atomic E-state index is 12.5. The summed E-state index contributed by atoms with van der Waals surface area (Å²) in [6.07, 6.45) is 5.67. The highest BCUT2D eigenvalue weighted by Gasteiger charge is 2.51. The van der Waals surface area contributed by atoms with Crippen LogP contribution in [-0.4, -0.2) is 46.9 Å². The monoisotopic (exact) mass is 360 g/mol. The molecule has 2 aliphatic rings. The number of hydrogen-bond donors (Lipinski definition) is 2. The number of ether oxygens (including phenoxy) is 1. The Hall–Kier alpha value is -2.64. The standard InChI is InChI=1S/C18H24N4O4/c1-26-15-11-13(6-9-19-15)12-20-14(23)5-4-10-22-16(24)18(21-17(22)25)7-2-3-8-18/h6,9,11H,2-5,7-8,10,12H2,1H3,(H,20,23)(H,21,25). The van der Waals surface area contributed by atoms with Crippen LogP contribution in [0.4, 0.5) is 4.79 Å². The molecule has 8 nitrogen and oxygen atoms in total. The summed E-state index contributed by atoms with van der Waals surface area (Å²) in [4.78, 5) is 41.8. The molecule has 2 fully saturated rings. The van der Waals surface area contributed by atoms with Crippen LogP contribution in [0.3, 0.4) is 0 Å². The Kier molecular flexibility index (Phi) is 5.39.